The fourth-order valence-corrected chi connectivity index (χ4v) is 3.42. The highest BCUT2D eigenvalue weighted by Crippen LogP contribution is 2.24. The van der Waals surface area contributed by atoms with E-state index in [1.807, 2.05) is 31.2 Å². The number of nitrogens with one attached hydrogen (secondary N) is 2. The summed E-state index contributed by atoms with van der Waals surface area (Å²) in [6.45, 7) is 5.82. The van der Waals surface area contributed by atoms with Crippen LogP contribution in [-0.4, -0.2) is 95.1 Å². The van der Waals surface area contributed by atoms with Crippen LogP contribution in [0.1, 0.15) is 18.5 Å². The van der Waals surface area contributed by atoms with E-state index >= 15 is 0 Å². The first-order chi connectivity index (χ1) is 14.8. The van der Waals surface area contributed by atoms with Gasteiger partial charge in [-0.3, -0.25) is 14.8 Å². The van der Waals surface area contributed by atoms with Gasteiger partial charge in [-0.25, -0.2) is 0 Å². The molecule has 32 heavy (non-hydrogen) atoms. The minimum absolute atomic E-state index is 0. The minimum Gasteiger partial charge on any atom is -0.497 e. The summed E-state index contributed by atoms with van der Waals surface area (Å²) in [5.74, 6) is 1.39. The van der Waals surface area contributed by atoms with Crippen LogP contribution in [0.4, 0.5) is 13.2 Å². The number of morpholine rings is 1. The molecule has 1 unspecified atom stereocenters. The lowest BCUT2D eigenvalue weighted by Crippen LogP contribution is -2.43. The molecule has 0 radical (unpaired) electrons. The molecule has 0 bridgehead atoms. The van der Waals surface area contributed by atoms with Crippen LogP contribution >= 0.6 is 24.0 Å². The molecule has 1 heterocycles. The summed E-state index contributed by atoms with van der Waals surface area (Å²) < 4.78 is 48.2. The molecular formula is C21H35F3IN5O2. The van der Waals surface area contributed by atoms with Gasteiger partial charge in [-0.1, -0.05) is 12.1 Å². The largest absolute Gasteiger partial charge is 0.497 e. The molecule has 0 saturated carbocycles. The maximum Gasteiger partial charge on any atom is 0.401 e. The minimum atomic E-state index is -4.20. The van der Waals surface area contributed by atoms with E-state index in [1.54, 1.807) is 7.11 Å². The first kappa shape index (κ1) is 28.7. The number of likely N-dealkylation sites (N-methyl/N-ethyl adjacent to an activating group) is 1. The zero-order valence-corrected chi connectivity index (χ0v) is 21.3. The predicted molar refractivity (Wildman–Crippen MR) is 131 cm³/mol. The van der Waals surface area contributed by atoms with Crippen molar-refractivity contribution >= 4 is 29.9 Å². The van der Waals surface area contributed by atoms with Crippen molar-refractivity contribution in [2.24, 2.45) is 4.99 Å². The number of hydrogen-bond donors (Lipinski definition) is 2. The van der Waals surface area contributed by atoms with Gasteiger partial charge in [0.25, 0.3) is 0 Å². The molecule has 1 aromatic carbocycles. The van der Waals surface area contributed by atoms with Crippen molar-refractivity contribution in [3.05, 3.63) is 29.8 Å². The second-order valence-electron chi connectivity index (χ2n) is 7.44. The standard InChI is InChI=1S/C21H34F3N5O2.HI/c1-4-25-20(26-9-10-28(2)16-21(22,23)24)27-15-19(29-11-13-31-14-12-29)17-5-7-18(30-3)8-6-17;/h5-8,19H,4,9-16H2,1-3H3,(H2,25,26,27);1H. The van der Waals surface area contributed by atoms with Crippen molar-refractivity contribution in [1.82, 2.24) is 20.4 Å². The molecule has 0 aromatic heterocycles. The van der Waals surface area contributed by atoms with Gasteiger partial charge in [0.1, 0.15) is 5.75 Å². The average molecular weight is 573 g/mol. The predicted octanol–water partition coefficient (Wildman–Crippen LogP) is 2.74. The Bertz CT molecular complexity index is 670. The molecule has 0 spiro atoms. The van der Waals surface area contributed by atoms with E-state index in [0.29, 0.717) is 38.8 Å². The van der Waals surface area contributed by atoms with Gasteiger partial charge >= 0.3 is 6.18 Å². The van der Waals surface area contributed by atoms with Gasteiger partial charge in [-0.05, 0) is 31.7 Å². The monoisotopic (exact) mass is 573 g/mol. The third-order valence-electron chi connectivity index (χ3n) is 4.99. The first-order valence-corrected chi connectivity index (χ1v) is 10.6. The molecule has 1 aliphatic rings. The molecule has 11 heteroatoms. The maximum atomic E-state index is 12.5. The van der Waals surface area contributed by atoms with Crippen molar-refractivity contribution in [2.75, 3.05) is 73.2 Å². The van der Waals surface area contributed by atoms with E-state index < -0.39 is 12.7 Å². The summed E-state index contributed by atoms with van der Waals surface area (Å²) in [7, 11) is 3.09. The molecule has 1 aromatic rings. The highest BCUT2D eigenvalue weighted by atomic mass is 127. The topological polar surface area (TPSA) is 61.4 Å². The van der Waals surface area contributed by atoms with Gasteiger partial charge in [0.05, 0.1) is 39.5 Å². The number of nitrogens with zero attached hydrogens (tertiary/aromatic N) is 3. The molecule has 0 amide bonds. The Labute approximate surface area is 205 Å². The number of hydrogen-bond acceptors (Lipinski definition) is 5. The molecule has 7 nitrogen and oxygen atoms in total. The van der Waals surface area contributed by atoms with E-state index in [1.165, 1.54) is 11.9 Å². The van der Waals surface area contributed by atoms with Crippen molar-refractivity contribution in [3.63, 3.8) is 0 Å². The van der Waals surface area contributed by atoms with Crippen molar-refractivity contribution < 1.29 is 22.6 Å². The Kier molecular flexibility index (Phi) is 13.2. The molecule has 1 atom stereocenters. The van der Waals surface area contributed by atoms with Gasteiger partial charge in [-0.2, -0.15) is 13.2 Å². The molecule has 0 aliphatic carbocycles. The Morgan fingerprint density at radius 3 is 2.44 bits per heavy atom. The fraction of sp³-hybridized carbons (Fsp3) is 0.667. The number of guanidine groups is 1. The lowest BCUT2D eigenvalue weighted by Gasteiger charge is -2.34. The van der Waals surface area contributed by atoms with Gasteiger partial charge < -0.3 is 20.1 Å². The summed E-state index contributed by atoms with van der Waals surface area (Å²) >= 11 is 0. The quantitative estimate of drug-likeness (QED) is 0.255. The van der Waals surface area contributed by atoms with E-state index in [4.69, 9.17) is 14.5 Å². The first-order valence-electron chi connectivity index (χ1n) is 10.6. The molecule has 1 saturated heterocycles. The molecule has 1 fully saturated rings. The van der Waals surface area contributed by atoms with Crippen LogP contribution in [0.3, 0.4) is 0 Å². The molecule has 1 aliphatic heterocycles. The van der Waals surface area contributed by atoms with Crippen LogP contribution in [0.5, 0.6) is 5.75 Å². The molecule has 184 valence electrons. The van der Waals surface area contributed by atoms with Gasteiger partial charge in [-0.15, -0.1) is 24.0 Å². The van der Waals surface area contributed by atoms with Crippen LogP contribution in [0.25, 0.3) is 0 Å². The van der Waals surface area contributed by atoms with Crippen LogP contribution < -0.4 is 15.4 Å². The van der Waals surface area contributed by atoms with E-state index in [-0.39, 0.29) is 36.6 Å². The normalized spacial score (nSPS) is 16.4. The molecule has 2 N–H and O–H groups in total. The van der Waals surface area contributed by atoms with E-state index in [9.17, 15) is 13.2 Å². The Morgan fingerprint density at radius 2 is 1.88 bits per heavy atom. The summed E-state index contributed by atoms with van der Waals surface area (Å²) in [4.78, 5) is 8.30. The van der Waals surface area contributed by atoms with Crippen LogP contribution in [0.15, 0.2) is 29.3 Å². The Balaban J connectivity index is 0.00000512. The molecular weight excluding hydrogens is 538 g/mol. The number of aliphatic imine (C=N–C) groups is 1. The second-order valence-corrected chi connectivity index (χ2v) is 7.44. The number of rotatable bonds is 10. The highest BCUT2D eigenvalue weighted by Gasteiger charge is 2.29. The second kappa shape index (κ2) is 14.8. The summed E-state index contributed by atoms with van der Waals surface area (Å²) in [5, 5.41) is 6.30. The smallest absolute Gasteiger partial charge is 0.401 e. The summed E-state index contributed by atoms with van der Waals surface area (Å²) in [6.07, 6.45) is -4.20. The Morgan fingerprint density at radius 1 is 1.22 bits per heavy atom. The fourth-order valence-electron chi connectivity index (χ4n) is 3.42. The van der Waals surface area contributed by atoms with Crippen LogP contribution in [0, 0.1) is 0 Å². The number of methoxy groups -OCH3 is 1. The average Bonchev–Trinajstić information content (AvgIpc) is 2.74. The zero-order chi connectivity index (χ0) is 22.7. The highest BCUT2D eigenvalue weighted by molar-refractivity contribution is 14.0. The summed E-state index contributed by atoms with van der Waals surface area (Å²) in [5.41, 5.74) is 1.13. The van der Waals surface area contributed by atoms with Gasteiger partial charge in [0.2, 0.25) is 0 Å². The number of halogens is 4. The van der Waals surface area contributed by atoms with Crippen LogP contribution in [0.2, 0.25) is 0 Å². The van der Waals surface area contributed by atoms with Crippen molar-refractivity contribution in [1.29, 1.82) is 0 Å². The zero-order valence-electron chi connectivity index (χ0n) is 19.0. The van der Waals surface area contributed by atoms with E-state index in [0.717, 1.165) is 24.4 Å². The van der Waals surface area contributed by atoms with Crippen molar-refractivity contribution in [3.8, 4) is 5.75 Å². The lowest BCUT2D eigenvalue weighted by molar-refractivity contribution is -0.142. The molecule has 2 rings (SSSR count). The van der Waals surface area contributed by atoms with E-state index in [2.05, 4.69) is 15.5 Å². The number of benzene rings is 1. The third-order valence-corrected chi connectivity index (χ3v) is 4.99. The number of ether oxygens (including phenoxy) is 2. The number of alkyl halides is 3. The third kappa shape index (κ3) is 10.5. The van der Waals surface area contributed by atoms with Crippen molar-refractivity contribution in [2.45, 2.75) is 19.1 Å². The maximum absolute atomic E-state index is 12.5. The summed E-state index contributed by atoms with van der Waals surface area (Å²) in [6, 6.07) is 8.03. The van der Waals surface area contributed by atoms with Gasteiger partial charge in [0.15, 0.2) is 5.96 Å². The van der Waals surface area contributed by atoms with Gasteiger partial charge in [0, 0.05) is 32.7 Å². The van der Waals surface area contributed by atoms with Crippen LogP contribution in [-0.2, 0) is 4.74 Å². The SMILES string of the molecule is CCNC(=NCC(c1ccc(OC)cc1)N1CCOCC1)NCCN(C)CC(F)(F)F.I. The lowest BCUT2D eigenvalue weighted by atomic mass is 10.0. The Hall–Kier alpha value is -1.31.